The molecule has 0 bridgehead atoms. The minimum Gasteiger partial charge on any atom is -0.452 e. The van der Waals surface area contributed by atoms with Crippen LogP contribution in [-0.4, -0.2) is 34.9 Å². The van der Waals surface area contributed by atoms with Crippen molar-refractivity contribution in [2.24, 2.45) is 0 Å². The normalized spacial score (nSPS) is 14.4. The lowest BCUT2D eigenvalue weighted by atomic mass is 9.96. The molecule has 33 heavy (non-hydrogen) atoms. The topological polar surface area (TPSA) is 88.6 Å². The van der Waals surface area contributed by atoms with Gasteiger partial charge in [0, 0.05) is 16.0 Å². The van der Waals surface area contributed by atoms with Gasteiger partial charge in [0.25, 0.3) is 5.91 Å². The molecule has 1 N–H and O–H groups in total. The number of nitrogens with zero attached hydrogens (tertiary/aromatic N) is 2. The number of thiazole rings is 1. The number of ether oxygens (including phenoxy) is 1. The summed E-state index contributed by atoms with van der Waals surface area (Å²) in [6.45, 7) is 4.79. The molecule has 0 unspecified atom stereocenters. The molecule has 0 fully saturated rings. The number of nitrogens with one attached hydrogen (secondary N) is 1. The highest BCUT2D eigenvalue weighted by Crippen LogP contribution is 2.36. The van der Waals surface area contributed by atoms with Gasteiger partial charge in [-0.25, -0.2) is 9.78 Å². The van der Waals surface area contributed by atoms with E-state index in [1.165, 1.54) is 16.7 Å². The first-order valence-electron chi connectivity index (χ1n) is 10.3. The Hall–Kier alpha value is -3.17. The zero-order valence-corrected chi connectivity index (χ0v) is 20.1. The number of amides is 2. The maximum absolute atomic E-state index is 13.1. The monoisotopic (exact) mass is 481 g/mol. The number of carbonyl (C=O) groups excluding carboxylic acids is 3. The minimum atomic E-state index is -1.13. The Bertz CT molecular complexity index is 1220. The molecule has 2 heterocycles. The molecule has 1 aromatic heterocycles. The lowest BCUT2D eigenvalue weighted by Gasteiger charge is -2.41. The van der Waals surface area contributed by atoms with Crippen molar-refractivity contribution in [2.75, 3.05) is 16.8 Å². The van der Waals surface area contributed by atoms with Gasteiger partial charge in [0.2, 0.25) is 5.91 Å². The van der Waals surface area contributed by atoms with Crippen LogP contribution < -0.4 is 10.2 Å². The molecular weight excluding hydrogens is 458 g/mol. The molecule has 2 amide bonds. The van der Waals surface area contributed by atoms with E-state index in [4.69, 9.17) is 4.74 Å². The second-order valence-electron chi connectivity index (χ2n) is 7.98. The van der Waals surface area contributed by atoms with E-state index in [0.717, 1.165) is 15.6 Å². The van der Waals surface area contributed by atoms with E-state index in [1.54, 1.807) is 61.6 Å². The summed E-state index contributed by atoms with van der Waals surface area (Å²) in [5, 5.41) is 5.80. The fourth-order valence-corrected chi connectivity index (χ4v) is 5.21. The molecule has 170 valence electrons. The number of hydrogen-bond donors (Lipinski definition) is 1. The molecule has 4 rings (SSSR count). The Morgan fingerprint density at radius 3 is 2.64 bits per heavy atom. The zero-order valence-electron chi connectivity index (χ0n) is 18.5. The van der Waals surface area contributed by atoms with E-state index >= 15 is 0 Å². The van der Waals surface area contributed by atoms with Crippen LogP contribution >= 0.6 is 23.1 Å². The summed E-state index contributed by atoms with van der Waals surface area (Å²) in [6.07, 6.45) is 0. The maximum atomic E-state index is 13.1. The van der Waals surface area contributed by atoms with Crippen molar-refractivity contribution < 1.29 is 19.1 Å². The molecule has 1 aliphatic rings. The summed E-state index contributed by atoms with van der Waals surface area (Å²) in [7, 11) is 0. The van der Waals surface area contributed by atoms with Crippen molar-refractivity contribution in [3.8, 4) is 0 Å². The molecule has 0 radical (unpaired) electrons. The molecule has 3 aromatic rings. The molecule has 9 heteroatoms. The van der Waals surface area contributed by atoms with Gasteiger partial charge in [0.05, 0.1) is 27.6 Å². The van der Waals surface area contributed by atoms with Crippen molar-refractivity contribution in [3.63, 3.8) is 0 Å². The van der Waals surface area contributed by atoms with Crippen molar-refractivity contribution in [2.45, 2.75) is 37.0 Å². The van der Waals surface area contributed by atoms with Crippen LogP contribution in [0.2, 0.25) is 0 Å². The standard InChI is InChI=1S/C24H23N3O4S2/c1-15-25-16(13-32-15)14-33-20-11-7-4-8-17(20)22(29)31-12-21(28)27-19-10-6-5-9-18(19)26-23(30)24(27,2)3/h4-11,13H,12,14H2,1-3H3,(H,26,30). The Kier molecular flexibility index (Phi) is 6.53. The van der Waals surface area contributed by atoms with E-state index in [1.807, 2.05) is 24.4 Å². The molecule has 0 saturated heterocycles. The second-order valence-corrected chi connectivity index (χ2v) is 10.1. The van der Waals surface area contributed by atoms with Crippen LogP contribution in [0.4, 0.5) is 11.4 Å². The van der Waals surface area contributed by atoms with Crippen molar-refractivity contribution >= 4 is 52.3 Å². The van der Waals surface area contributed by atoms with Gasteiger partial charge < -0.3 is 10.1 Å². The average molecular weight is 482 g/mol. The largest absolute Gasteiger partial charge is 0.452 e. The number of thioether (sulfide) groups is 1. The SMILES string of the molecule is Cc1nc(CSc2ccccc2C(=O)OCC(=O)N2c3ccccc3NC(=O)C2(C)C)cs1. The number of carbonyl (C=O) groups is 3. The number of para-hydroxylation sites is 2. The highest BCUT2D eigenvalue weighted by Gasteiger charge is 2.43. The fraction of sp³-hybridized carbons (Fsp3) is 0.250. The summed E-state index contributed by atoms with van der Waals surface area (Å²) in [6, 6.07) is 14.2. The summed E-state index contributed by atoms with van der Waals surface area (Å²) in [4.78, 5) is 45.1. The summed E-state index contributed by atoms with van der Waals surface area (Å²) < 4.78 is 5.39. The van der Waals surface area contributed by atoms with Crippen molar-refractivity contribution in [1.82, 2.24) is 4.98 Å². The van der Waals surface area contributed by atoms with Crippen molar-refractivity contribution in [3.05, 3.63) is 70.2 Å². The lowest BCUT2D eigenvalue weighted by molar-refractivity contribution is -0.128. The average Bonchev–Trinajstić information content (AvgIpc) is 3.22. The molecule has 1 aliphatic heterocycles. The molecular formula is C24H23N3O4S2. The molecule has 0 spiro atoms. The third kappa shape index (κ3) is 4.79. The first-order valence-corrected chi connectivity index (χ1v) is 12.2. The van der Waals surface area contributed by atoms with Crippen LogP contribution in [-0.2, 0) is 20.1 Å². The van der Waals surface area contributed by atoms with E-state index in [9.17, 15) is 14.4 Å². The third-order valence-corrected chi connectivity index (χ3v) is 7.16. The predicted molar refractivity (Wildman–Crippen MR) is 130 cm³/mol. The number of benzene rings is 2. The van der Waals surface area contributed by atoms with Gasteiger partial charge in [-0.15, -0.1) is 23.1 Å². The summed E-state index contributed by atoms with van der Waals surface area (Å²) in [5.74, 6) is -0.742. The van der Waals surface area contributed by atoms with E-state index < -0.39 is 24.0 Å². The maximum Gasteiger partial charge on any atom is 0.339 e. The Morgan fingerprint density at radius 1 is 1.15 bits per heavy atom. The fourth-order valence-electron chi connectivity index (χ4n) is 3.56. The second kappa shape index (κ2) is 9.36. The smallest absolute Gasteiger partial charge is 0.339 e. The minimum absolute atomic E-state index is 0.306. The number of esters is 1. The van der Waals surface area contributed by atoms with Gasteiger partial charge in [-0.3, -0.25) is 14.5 Å². The lowest BCUT2D eigenvalue weighted by Crippen LogP contribution is -2.59. The van der Waals surface area contributed by atoms with E-state index in [-0.39, 0.29) is 5.91 Å². The number of aromatic nitrogens is 1. The summed E-state index contributed by atoms with van der Waals surface area (Å²) in [5.41, 5.74) is 1.32. The number of hydrogen-bond acceptors (Lipinski definition) is 7. The van der Waals surface area contributed by atoms with Gasteiger partial charge in [-0.05, 0) is 45.0 Å². The highest BCUT2D eigenvalue weighted by molar-refractivity contribution is 7.98. The third-order valence-electron chi connectivity index (χ3n) is 5.23. The van der Waals surface area contributed by atoms with Gasteiger partial charge in [-0.2, -0.15) is 0 Å². The van der Waals surface area contributed by atoms with Crippen LogP contribution in [0.15, 0.2) is 58.8 Å². The van der Waals surface area contributed by atoms with E-state index in [2.05, 4.69) is 10.3 Å². The number of aryl methyl sites for hydroxylation is 1. The van der Waals surface area contributed by atoms with Gasteiger partial charge in [0.1, 0.15) is 5.54 Å². The van der Waals surface area contributed by atoms with Gasteiger partial charge in [0.15, 0.2) is 6.61 Å². The van der Waals surface area contributed by atoms with E-state index in [0.29, 0.717) is 22.7 Å². The number of rotatable bonds is 6. The molecule has 2 aromatic carbocycles. The summed E-state index contributed by atoms with van der Waals surface area (Å²) >= 11 is 3.07. The first kappa shape index (κ1) is 23.0. The van der Waals surface area contributed by atoms with Gasteiger partial charge in [-0.1, -0.05) is 24.3 Å². The highest BCUT2D eigenvalue weighted by atomic mass is 32.2. The Labute approximate surface area is 200 Å². The van der Waals surface area contributed by atoms with Crippen LogP contribution in [0, 0.1) is 6.92 Å². The quantitative estimate of drug-likeness (QED) is 0.407. The van der Waals surface area contributed by atoms with Crippen LogP contribution in [0.3, 0.4) is 0 Å². The van der Waals surface area contributed by atoms with Crippen LogP contribution in [0.25, 0.3) is 0 Å². The first-order chi connectivity index (χ1) is 15.8. The van der Waals surface area contributed by atoms with Gasteiger partial charge >= 0.3 is 5.97 Å². The van der Waals surface area contributed by atoms with Crippen molar-refractivity contribution in [1.29, 1.82) is 0 Å². The molecule has 0 saturated carbocycles. The van der Waals surface area contributed by atoms with Crippen LogP contribution in [0.5, 0.6) is 0 Å². The number of fused-ring (bicyclic) bond motifs is 1. The zero-order chi connectivity index (χ0) is 23.6. The Balaban J connectivity index is 1.47. The molecule has 0 atom stereocenters. The number of anilines is 2. The predicted octanol–water partition coefficient (Wildman–Crippen LogP) is 4.66. The molecule has 0 aliphatic carbocycles. The van der Waals surface area contributed by atoms with Crippen LogP contribution in [0.1, 0.15) is 34.9 Å². The Morgan fingerprint density at radius 2 is 1.88 bits per heavy atom. The molecule has 7 nitrogen and oxygen atoms in total.